The summed E-state index contributed by atoms with van der Waals surface area (Å²) < 4.78 is 48.2. The number of benzene rings is 1. The van der Waals surface area contributed by atoms with Crippen molar-refractivity contribution in [3.63, 3.8) is 0 Å². The molecule has 0 atom stereocenters. The molecule has 148 valence electrons. The van der Waals surface area contributed by atoms with E-state index in [2.05, 4.69) is 23.4 Å². The standard InChI is InChI=1S/C19H26FN3O3S/c1-14(2)19-21-8-11-22(19)13-15-6-9-23(10-7-15)27(24,25)18-12-16(20)4-5-17(18)26-3/h4-5,8,11-12,14-15H,6-7,9-10,13H2,1-3H3. The Labute approximate surface area is 160 Å². The first-order chi connectivity index (χ1) is 12.8. The van der Waals surface area contributed by atoms with E-state index < -0.39 is 15.8 Å². The van der Waals surface area contributed by atoms with Gasteiger partial charge in [-0.05, 0) is 37.0 Å². The molecule has 27 heavy (non-hydrogen) atoms. The van der Waals surface area contributed by atoms with Crippen LogP contribution in [-0.2, 0) is 16.6 Å². The molecule has 0 saturated carbocycles. The van der Waals surface area contributed by atoms with Crippen molar-refractivity contribution in [3.8, 4) is 5.75 Å². The fraction of sp³-hybridized carbons (Fsp3) is 0.526. The Morgan fingerprint density at radius 2 is 2.00 bits per heavy atom. The van der Waals surface area contributed by atoms with Gasteiger partial charge in [0.05, 0.1) is 7.11 Å². The molecule has 0 spiro atoms. The van der Waals surface area contributed by atoms with E-state index in [9.17, 15) is 12.8 Å². The van der Waals surface area contributed by atoms with Crippen molar-refractivity contribution in [2.75, 3.05) is 20.2 Å². The van der Waals surface area contributed by atoms with Crippen LogP contribution in [0.15, 0.2) is 35.5 Å². The monoisotopic (exact) mass is 395 g/mol. The summed E-state index contributed by atoms with van der Waals surface area (Å²) >= 11 is 0. The van der Waals surface area contributed by atoms with Gasteiger partial charge in [0.1, 0.15) is 22.3 Å². The molecule has 6 nitrogen and oxygen atoms in total. The van der Waals surface area contributed by atoms with Crippen molar-refractivity contribution in [2.45, 2.75) is 44.0 Å². The third-order valence-electron chi connectivity index (χ3n) is 5.04. The van der Waals surface area contributed by atoms with E-state index in [1.165, 1.54) is 23.5 Å². The molecule has 2 heterocycles. The number of sulfonamides is 1. The summed E-state index contributed by atoms with van der Waals surface area (Å²) in [6, 6.07) is 3.57. The molecule has 0 aliphatic carbocycles. The first-order valence-electron chi connectivity index (χ1n) is 9.17. The van der Waals surface area contributed by atoms with Crippen LogP contribution in [0.4, 0.5) is 4.39 Å². The molecule has 3 rings (SSSR count). The lowest BCUT2D eigenvalue weighted by Crippen LogP contribution is -2.39. The van der Waals surface area contributed by atoms with E-state index in [0.29, 0.717) is 24.9 Å². The highest BCUT2D eigenvalue weighted by atomic mass is 32.2. The first kappa shape index (κ1) is 19.8. The van der Waals surface area contributed by atoms with Crippen LogP contribution in [0.1, 0.15) is 38.4 Å². The molecule has 0 amide bonds. The number of rotatable bonds is 6. The second-order valence-electron chi connectivity index (χ2n) is 7.24. The van der Waals surface area contributed by atoms with E-state index in [4.69, 9.17) is 4.74 Å². The van der Waals surface area contributed by atoms with Gasteiger partial charge in [0.2, 0.25) is 10.0 Å². The predicted molar refractivity (Wildman–Crippen MR) is 101 cm³/mol. The summed E-state index contributed by atoms with van der Waals surface area (Å²) in [6.45, 7) is 5.89. The van der Waals surface area contributed by atoms with Crippen LogP contribution >= 0.6 is 0 Å². The third-order valence-corrected chi connectivity index (χ3v) is 6.96. The topological polar surface area (TPSA) is 64.4 Å². The van der Waals surface area contributed by atoms with E-state index in [-0.39, 0.29) is 10.6 Å². The van der Waals surface area contributed by atoms with E-state index in [1.807, 2.05) is 12.4 Å². The number of hydrogen-bond acceptors (Lipinski definition) is 4. The Bertz CT molecular complexity index is 887. The summed E-state index contributed by atoms with van der Waals surface area (Å²) in [4.78, 5) is 4.30. The largest absolute Gasteiger partial charge is 0.495 e. The molecule has 0 unspecified atom stereocenters. The van der Waals surface area contributed by atoms with Crippen LogP contribution in [0.5, 0.6) is 5.75 Å². The zero-order valence-corrected chi connectivity index (χ0v) is 16.7. The molecular formula is C19H26FN3O3S. The molecule has 2 aromatic rings. The summed E-state index contributed by atoms with van der Waals surface area (Å²) in [5.74, 6) is 1.36. The van der Waals surface area contributed by atoms with Gasteiger partial charge in [0, 0.05) is 37.9 Å². The molecule has 1 aliphatic rings. The molecule has 1 saturated heterocycles. The van der Waals surface area contributed by atoms with Gasteiger partial charge in [-0.3, -0.25) is 0 Å². The Kier molecular flexibility index (Phi) is 5.86. The first-order valence-corrected chi connectivity index (χ1v) is 10.6. The minimum Gasteiger partial charge on any atom is -0.495 e. The maximum atomic E-state index is 13.6. The number of hydrogen-bond donors (Lipinski definition) is 0. The molecule has 0 bridgehead atoms. The van der Waals surface area contributed by atoms with Crippen molar-refractivity contribution in [1.82, 2.24) is 13.9 Å². The Morgan fingerprint density at radius 3 is 2.63 bits per heavy atom. The fourth-order valence-electron chi connectivity index (χ4n) is 3.58. The number of ether oxygens (including phenoxy) is 1. The molecule has 8 heteroatoms. The average molecular weight is 396 g/mol. The molecule has 1 aliphatic heterocycles. The van der Waals surface area contributed by atoms with Gasteiger partial charge in [-0.25, -0.2) is 17.8 Å². The molecular weight excluding hydrogens is 369 g/mol. The second kappa shape index (κ2) is 7.98. The normalized spacial score (nSPS) is 16.8. The highest BCUT2D eigenvalue weighted by Crippen LogP contribution is 2.31. The third kappa shape index (κ3) is 4.16. The lowest BCUT2D eigenvalue weighted by Gasteiger charge is -2.32. The molecule has 1 aromatic carbocycles. The van der Waals surface area contributed by atoms with Gasteiger partial charge in [0.15, 0.2) is 0 Å². The lowest BCUT2D eigenvalue weighted by atomic mass is 9.98. The minimum absolute atomic E-state index is 0.111. The van der Waals surface area contributed by atoms with Crippen LogP contribution in [0.2, 0.25) is 0 Å². The van der Waals surface area contributed by atoms with Gasteiger partial charge in [-0.15, -0.1) is 0 Å². The van der Waals surface area contributed by atoms with Crippen LogP contribution in [0.3, 0.4) is 0 Å². The number of nitrogens with zero attached hydrogens (tertiary/aromatic N) is 3. The van der Waals surface area contributed by atoms with Crippen molar-refractivity contribution in [3.05, 3.63) is 42.2 Å². The Morgan fingerprint density at radius 1 is 1.30 bits per heavy atom. The van der Waals surface area contributed by atoms with Crippen LogP contribution in [-0.4, -0.2) is 42.5 Å². The van der Waals surface area contributed by atoms with Gasteiger partial charge in [0.25, 0.3) is 0 Å². The quantitative estimate of drug-likeness (QED) is 0.753. The molecule has 1 aromatic heterocycles. The van der Waals surface area contributed by atoms with Crippen molar-refractivity contribution < 1.29 is 17.5 Å². The SMILES string of the molecule is COc1ccc(F)cc1S(=O)(=O)N1CCC(Cn2ccnc2C(C)C)CC1. The van der Waals surface area contributed by atoms with Crippen LogP contribution < -0.4 is 4.74 Å². The van der Waals surface area contributed by atoms with Gasteiger partial charge in [-0.1, -0.05) is 13.8 Å². The number of imidazole rings is 1. The summed E-state index contributed by atoms with van der Waals surface area (Å²) in [6.07, 6.45) is 5.31. The van der Waals surface area contributed by atoms with E-state index in [0.717, 1.165) is 31.3 Å². The summed E-state index contributed by atoms with van der Waals surface area (Å²) in [5.41, 5.74) is 0. The minimum atomic E-state index is -3.79. The molecule has 0 N–H and O–H groups in total. The number of piperidine rings is 1. The number of aromatic nitrogens is 2. The van der Waals surface area contributed by atoms with E-state index >= 15 is 0 Å². The molecule has 1 fully saturated rings. The maximum Gasteiger partial charge on any atom is 0.246 e. The molecule has 0 radical (unpaired) electrons. The Balaban J connectivity index is 1.70. The number of halogens is 1. The summed E-state index contributed by atoms with van der Waals surface area (Å²) in [5, 5.41) is 0. The summed E-state index contributed by atoms with van der Waals surface area (Å²) in [7, 11) is -2.40. The Hall–Kier alpha value is -1.93. The van der Waals surface area contributed by atoms with Crippen molar-refractivity contribution >= 4 is 10.0 Å². The highest BCUT2D eigenvalue weighted by Gasteiger charge is 2.32. The number of methoxy groups -OCH3 is 1. The van der Waals surface area contributed by atoms with Crippen LogP contribution in [0, 0.1) is 11.7 Å². The smallest absolute Gasteiger partial charge is 0.246 e. The van der Waals surface area contributed by atoms with Gasteiger partial charge in [-0.2, -0.15) is 4.31 Å². The predicted octanol–water partition coefficient (Wildman–Crippen LogP) is 3.26. The highest BCUT2D eigenvalue weighted by molar-refractivity contribution is 7.89. The van der Waals surface area contributed by atoms with Gasteiger partial charge >= 0.3 is 0 Å². The second-order valence-corrected chi connectivity index (χ2v) is 9.14. The lowest BCUT2D eigenvalue weighted by molar-refractivity contribution is 0.250. The van der Waals surface area contributed by atoms with Crippen molar-refractivity contribution in [1.29, 1.82) is 0 Å². The average Bonchev–Trinajstić information content (AvgIpc) is 3.10. The van der Waals surface area contributed by atoms with Gasteiger partial charge < -0.3 is 9.30 Å². The van der Waals surface area contributed by atoms with Crippen molar-refractivity contribution in [2.24, 2.45) is 5.92 Å². The zero-order chi connectivity index (χ0) is 19.6. The van der Waals surface area contributed by atoms with E-state index in [1.54, 1.807) is 0 Å². The fourth-order valence-corrected chi connectivity index (χ4v) is 5.21. The zero-order valence-electron chi connectivity index (χ0n) is 15.9. The maximum absolute atomic E-state index is 13.6. The van der Waals surface area contributed by atoms with Crippen LogP contribution in [0.25, 0.3) is 0 Å².